The Morgan fingerprint density at radius 1 is 1.05 bits per heavy atom. The molecule has 1 atom stereocenters. The maximum Gasteiger partial charge on any atom is 0.338 e. The summed E-state index contributed by atoms with van der Waals surface area (Å²) in [6, 6.07) is 6.16. The molecule has 2 aliphatic heterocycles. The molecular formula is C26H36N4O7. The number of carbonyl (C=O) groups is 2. The Balaban J connectivity index is 2.26. The second kappa shape index (κ2) is 12.7. The lowest BCUT2D eigenvalue weighted by molar-refractivity contribution is -0.385. The monoisotopic (exact) mass is 516 g/mol. The first-order valence-electron chi connectivity index (χ1n) is 12.5. The van der Waals surface area contributed by atoms with Gasteiger partial charge in [-0.2, -0.15) is 0 Å². The van der Waals surface area contributed by atoms with Gasteiger partial charge >= 0.3 is 11.9 Å². The molecule has 11 nitrogen and oxygen atoms in total. The number of esters is 2. The highest BCUT2D eigenvalue weighted by Crippen LogP contribution is 2.45. The summed E-state index contributed by atoms with van der Waals surface area (Å²) in [5.41, 5.74) is 0.962. The molecule has 1 fully saturated rings. The van der Waals surface area contributed by atoms with E-state index in [0.717, 1.165) is 13.1 Å². The fourth-order valence-electron chi connectivity index (χ4n) is 4.86. The van der Waals surface area contributed by atoms with E-state index in [1.54, 1.807) is 58.0 Å². The van der Waals surface area contributed by atoms with Gasteiger partial charge in [0, 0.05) is 57.6 Å². The smallest absolute Gasteiger partial charge is 0.338 e. The molecule has 0 radical (unpaired) electrons. The van der Waals surface area contributed by atoms with Gasteiger partial charge in [0.05, 0.1) is 48.4 Å². The molecule has 0 aliphatic carbocycles. The normalized spacial score (nSPS) is 18.6. The van der Waals surface area contributed by atoms with E-state index in [2.05, 4.69) is 4.90 Å². The summed E-state index contributed by atoms with van der Waals surface area (Å²) in [5, 5.41) is 12.0. The Hall–Kier alpha value is -3.44. The topological polar surface area (TPSA) is 115 Å². The average molecular weight is 517 g/mol. The zero-order valence-electron chi connectivity index (χ0n) is 22.2. The number of para-hydroxylation sites is 1. The number of nitro groups is 1. The van der Waals surface area contributed by atoms with Gasteiger partial charge in [-0.05, 0) is 20.8 Å². The van der Waals surface area contributed by atoms with E-state index >= 15 is 0 Å². The molecular weight excluding hydrogens is 480 g/mol. The first-order valence-corrected chi connectivity index (χ1v) is 12.5. The Morgan fingerprint density at radius 3 is 2.22 bits per heavy atom. The first kappa shape index (κ1) is 28.1. The van der Waals surface area contributed by atoms with Gasteiger partial charge < -0.3 is 24.0 Å². The summed E-state index contributed by atoms with van der Waals surface area (Å²) in [5.74, 6) is -1.78. The molecule has 0 saturated carbocycles. The summed E-state index contributed by atoms with van der Waals surface area (Å²) < 4.78 is 16.3. The maximum atomic E-state index is 13.6. The summed E-state index contributed by atoms with van der Waals surface area (Å²) in [6.07, 6.45) is 0. The van der Waals surface area contributed by atoms with Crippen LogP contribution < -0.4 is 0 Å². The number of nitrogens with zero attached hydrogens (tertiary/aromatic N) is 4. The molecule has 37 heavy (non-hydrogen) atoms. The van der Waals surface area contributed by atoms with Crippen molar-refractivity contribution in [2.75, 3.05) is 66.7 Å². The van der Waals surface area contributed by atoms with Gasteiger partial charge in [-0.25, -0.2) is 9.59 Å². The molecule has 0 N–H and O–H groups in total. The molecule has 2 aliphatic rings. The molecule has 11 heteroatoms. The van der Waals surface area contributed by atoms with E-state index < -0.39 is 22.8 Å². The third-order valence-corrected chi connectivity index (χ3v) is 6.47. The largest absolute Gasteiger partial charge is 0.463 e. The van der Waals surface area contributed by atoms with Crippen molar-refractivity contribution in [3.63, 3.8) is 0 Å². The SMILES string of the molecule is CCOC(=O)C1=C(C)N(CCN2CCOCC2)C(N(C)C)=C(C(=O)OCC)C1c1ccccc1[N+](=O)[O-]. The first-order chi connectivity index (χ1) is 17.7. The minimum atomic E-state index is -1.04. The highest BCUT2D eigenvalue weighted by atomic mass is 16.6. The maximum absolute atomic E-state index is 13.6. The van der Waals surface area contributed by atoms with Crippen molar-refractivity contribution in [2.24, 2.45) is 0 Å². The van der Waals surface area contributed by atoms with Crippen molar-refractivity contribution in [3.05, 3.63) is 62.6 Å². The number of hydrogen-bond acceptors (Lipinski definition) is 10. The number of rotatable bonds is 10. The second-order valence-corrected chi connectivity index (χ2v) is 8.93. The lowest BCUT2D eigenvalue weighted by Crippen LogP contribution is -2.45. The molecule has 1 unspecified atom stereocenters. The van der Waals surface area contributed by atoms with E-state index in [0.29, 0.717) is 37.8 Å². The van der Waals surface area contributed by atoms with Crippen molar-refractivity contribution in [2.45, 2.75) is 26.7 Å². The molecule has 2 heterocycles. The van der Waals surface area contributed by atoms with Crippen LogP contribution in [0.2, 0.25) is 0 Å². The van der Waals surface area contributed by atoms with Crippen LogP contribution in [0.3, 0.4) is 0 Å². The van der Waals surface area contributed by atoms with Crippen LogP contribution in [0.4, 0.5) is 5.69 Å². The highest BCUT2D eigenvalue weighted by Gasteiger charge is 2.44. The van der Waals surface area contributed by atoms with Gasteiger partial charge in [-0.3, -0.25) is 15.0 Å². The standard InChI is InChI=1S/C26H36N4O7/c1-6-36-25(31)21-18(3)29(13-12-28-14-16-35-17-15-28)24(27(4)5)23(26(32)37-7-2)22(21)19-10-8-9-11-20(19)30(33)34/h8-11,22H,6-7,12-17H2,1-5H3. The third-order valence-electron chi connectivity index (χ3n) is 6.47. The molecule has 1 saturated heterocycles. The number of benzene rings is 1. The summed E-state index contributed by atoms with van der Waals surface area (Å²) >= 11 is 0. The third kappa shape index (κ3) is 6.11. The Morgan fingerprint density at radius 2 is 1.65 bits per heavy atom. The van der Waals surface area contributed by atoms with Crippen LogP contribution in [0, 0.1) is 10.1 Å². The van der Waals surface area contributed by atoms with Crippen LogP contribution in [0.25, 0.3) is 0 Å². The van der Waals surface area contributed by atoms with Crippen molar-refractivity contribution in [3.8, 4) is 0 Å². The molecule has 0 spiro atoms. The predicted octanol–water partition coefficient (Wildman–Crippen LogP) is 2.50. The molecule has 202 valence electrons. The van der Waals surface area contributed by atoms with Gasteiger partial charge in [0.2, 0.25) is 0 Å². The van der Waals surface area contributed by atoms with Gasteiger partial charge in [-0.15, -0.1) is 0 Å². The molecule has 0 aromatic heterocycles. The minimum Gasteiger partial charge on any atom is -0.463 e. The van der Waals surface area contributed by atoms with Crippen LogP contribution in [-0.2, 0) is 23.8 Å². The zero-order chi connectivity index (χ0) is 27.1. The number of hydrogen-bond donors (Lipinski definition) is 0. The van der Waals surface area contributed by atoms with Gasteiger partial charge in [0.1, 0.15) is 5.82 Å². The summed E-state index contributed by atoms with van der Waals surface area (Å²) in [4.78, 5) is 44.5. The van der Waals surface area contributed by atoms with E-state index in [4.69, 9.17) is 14.2 Å². The second-order valence-electron chi connectivity index (χ2n) is 8.93. The lowest BCUT2D eigenvalue weighted by atomic mass is 9.79. The van der Waals surface area contributed by atoms with Gasteiger partial charge in [0.15, 0.2) is 0 Å². The van der Waals surface area contributed by atoms with Crippen molar-refractivity contribution in [1.29, 1.82) is 0 Å². The zero-order valence-corrected chi connectivity index (χ0v) is 22.2. The highest BCUT2D eigenvalue weighted by molar-refractivity contribution is 6.00. The Labute approximate surface area is 217 Å². The fraction of sp³-hybridized carbons (Fsp3) is 0.538. The van der Waals surface area contributed by atoms with E-state index in [1.807, 2.05) is 4.90 Å². The number of morpholine rings is 1. The summed E-state index contributed by atoms with van der Waals surface area (Å²) in [6.45, 7) is 9.41. The van der Waals surface area contributed by atoms with Crippen molar-refractivity contribution >= 4 is 17.6 Å². The Kier molecular flexibility index (Phi) is 9.65. The van der Waals surface area contributed by atoms with Crippen LogP contribution in [0.15, 0.2) is 46.9 Å². The van der Waals surface area contributed by atoms with Crippen LogP contribution in [0.5, 0.6) is 0 Å². The predicted molar refractivity (Wildman–Crippen MR) is 136 cm³/mol. The number of nitro benzene ring substituents is 1. The van der Waals surface area contributed by atoms with Crippen LogP contribution >= 0.6 is 0 Å². The number of allylic oxidation sites excluding steroid dienone is 1. The number of carbonyl (C=O) groups excluding carboxylic acids is 2. The van der Waals surface area contributed by atoms with E-state index in [-0.39, 0.29) is 35.6 Å². The molecule has 1 aromatic carbocycles. The van der Waals surface area contributed by atoms with E-state index in [1.165, 1.54) is 6.07 Å². The van der Waals surface area contributed by atoms with Crippen LogP contribution in [-0.4, -0.2) is 98.3 Å². The fourth-order valence-corrected chi connectivity index (χ4v) is 4.86. The number of ether oxygens (including phenoxy) is 3. The Bertz CT molecular complexity index is 1080. The molecule has 0 bridgehead atoms. The van der Waals surface area contributed by atoms with Crippen molar-refractivity contribution in [1.82, 2.24) is 14.7 Å². The summed E-state index contributed by atoms with van der Waals surface area (Å²) in [7, 11) is 3.60. The quantitative estimate of drug-likeness (QED) is 0.261. The molecule has 0 amide bonds. The molecule has 3 rings (SSSR count). The van der Waals surface area contributed by atoms with E-state index in [9.17, 15) is 19.7 Å². The lowest BCUT2D eigenvalue weighted by Gasteiger charge is -2.42. The average Bonchev–Trinajstić information content (AvgIpc) is 2.87. The van der Waals surface area contributed by atoms with Gasteiger partial charge in [0.25, 0.3) is 5.69 Å². The molecule has 1 aromatic rings. The van der Waals surface area contributed by atoms with Crippen molar-refractivity contribution < 1.29 is 28.7 Å². The van der Waals surface area contributed by atoms with Crippen LogP contribution in [0.1, 0.15) is 32.3 Å². The minimum absolute atomic E-state index is 0.109. The van der Waals surface area contributed by atoms with Gasteiger partial charge in [-0.1, -0.05) is 18.2 Å².